The van der Waals surface area contributed by atoms with Crippen molar-refractivity contribution in [3.8, 4) is 0 Å². The third-order valence-electron chi connectivity index (χ3n) is 4.18. The van der Waals surface area contributed by atoms with E-state index < -0.39 is 9.84 Å². The average Bonchev–Trinajstić information content (AvgIpc) is 3.08. The normalized spacial score (nSPS) is 18.8. The van der Waals surface area contributed by atoms with Crippen molar-refractivity contribution in [1.29, 1.82) is 0 Å². The van der Waals surface area contributed by atoms with Crippen molar-refractivity contribution < 1.29 is 13.2 Å². The quantitative estimate of drug-likeness (QED) is 0.696. The number of anilines is 1. The Morgan fingerprint density at radius 1 is 1.38 bits per heavy atom. The molecule has 2 aromatic rings. The first-order valence-electron chi connectivity index (χ1n) is 8.19. The lowest BCUT2D eigenvalue weighted by Gasteiger charge is -2.14. The summed E-state index contributed by atoms with van der Waals surface area (Å²) < 4.78 is 26.1. The molecule has 1 amide bonds. The van der Waals surface area contributed by atoms with Gasteiger partial charge in [-0.2, -0.15) is 5.10 Å². The van der Waals surface area contributed by atoms with Gasteiger partial charge in [0.25, 0.3) is 0 Å². The number of hydrogen-bond acceptors (Lipinski definition) is 5. The van der Waals surface area contributed by atoms with Crippen LogP contribution in [0.4, 0.5) is 5.82 Å². The Balaban J connectivity index is 1.66. The summed E-state index contributed by atoms with van der Waals surface area (Å²) in [6.07, 6.45) is 0.527. The summed E-state index contributed by atoms with van der Waals surface area (Å²) in [4.78, 5) is 13.4. The van der Waals surface area contributed by atoms with Gasteiger partial charge in [0.1, 0.15) is 5.82 Å². The number of halogens is 1. The summed E-state index contributed by atoms with van der Waals surface area (Å²) in [7, 11) is -3.02. The Labute approximate surface area is 165 Å². The van der Waals surface area contributed by atoms with E-state index in [0.29, 0.717) is 12.2 Å². The van der Waals surface area contributed by atoms with Crippen molar-refractivity contribution in [1.82, 2.24) is 9.78 Å². The number of carbonyl (C=O) groups is 1. The van der Waals surface area contributed by atoms with Gasteiger partial charge in [-0.15, -0.1) is 11.8 Å². The van der Waals surface area contributed by atoms with Crippen LogP contribution in [-0.4, -0.2) is 41.4 Å². The summed E-state index contributed by atoms with van der Waals surface area (Å²) in [5, 5.41) is 7.25. The third kappa shape index (κ3) is 4.69. The van der Waals surface area contributed by atoms with Crippen LogP contribution in [0.1, 0.15) is 23.7 Å². The molecular formula is C17H20BrN3O3S2. The Kier molecular flexibility index (Phi) is 5.78. The number of nitrogens with one attached hydrogen (secondary N) is 1. The predicted molar refractivity (Wildman–Crippen MR) is 108 cm³/mol. The van der Waals surface area contributed by atoms with Gasteiger partial charge in [0.15, 0.2) is 9.84 Å². The van der Waals surface area contributed by atoms with Gasteiger partial charge in [0.05, 0.1) is 29.0 Å². The van der Waals surface area contributed by atoms with Crippen LogP contribution in [0.25, 0.3) is 0 Å². The lowest BCUT2D eigenvalue weighted by atomic mass is 10.2. The lowest BCUT2D eigenvalue weighted by molar-refractivity contribution is -0.113. The second kappa shape index (κ2) is 7.74. The number of aromatic nitrogens is 2. The van der Waals surface area contributed by atoms with E-state index in [9.17, 15) is 13.2 Å². The van der Waals surface area contributed by atoms with Gasteiger partial charge in [-0.25, -0.2) is 13.1 Å². The smallest absolute Gasteiger partial charge is 0.235 e. The van der Waals surface area contributed by atoms with E-state index in [1.54, 1.807) is 10.7 Å². The Hall–Kier alpha value is -1.32. The van der Waals surface area contributed by atoms with Gasteiger partial charge in [0.2, 0.25) is 5.91 Å². The molecule has 26 heavy (non-hydrogen) atoms. The van der Waals surface area contributed by atoms with Crippen molar-refractivity contribution in [2.75, 3.05) is 22.6 Å². The van der Waals surface area contributed by atoms with Crippen molar-refractivity contribution >= 4 is 49.3 Å². The first-order chi connectivity index (χ1) is 12.2. The number of amides is 1. The number of benzene rings is 1. The highest BCUT2D eigenvalue weighted by molar-refractivity contribution is 9.10. The topological polar surface area (TPSA) is 81.1 Å². The van der Waals surface area contributed by atoms with E-state index in [1.807, 2.05) is 32.0 Å². The van der Waals surface area contributed by atoms with Crippen LogP contribution in [0, 0.1) is 13.8 Å². The Morgan fingerprint density at radius 2 is 2.15 bits per heavy atom. The van der Waals surface area contributed by atoms with Gasteiger partial charge in [0, 0.05) is 15.4 Å². The molecule has 3 rings (SSSR count). The van der Waals surface area contributed by atoms with Crippen LogP contribution in [0.2, 0.25) is 0 Å². The minimum Gasteiger partial charge on any atom is -0.310 e. The minimum atomic E-state index is -3.02. The van der Waals surface area contributed by atoms with E-state index in [4.69, 9.17) is 0 Å². The van der Waals surface area contributed by atoms with Gasteiger partial charge >= 0.3 is 0 Å². The zero-order valence-electron chi connectivity index (χ0n) is 14.5. The van der Waals surface area contributed by atoms with Gasteiger partial charge in [-0.1, -0.05) is 15.9 Å². The van der Waals surface area contributed by atoms with E-state index in [2.05, 4.69) is 26.3 Å². The molecule has 1 atom stereocenters. The van der Waals surface area contributed by atoms with E-state index in [0.717, 1.165) is 20.6 Å². The second-order valence-electron chi connectivity index (χ2n) is 6.42. The van der Waals surface area contributed by atoms with Crippen molar-refractivity contribution in [2.45, 2.75) is 31.2 Å². The molecule has 2 heterocycles. The van der Waals surface area contributed by atoms with E-state index in [-0.39, 0.29) is 29.2 Å². The fraction of sp³-hybridized carbons (Fsp3) is 0.412. The molecule has 0 unspecified atom stereocenters. The van der Waals surface area contributed by atoms with Crippen LogP contribution >= 0.6 is 27.7 Å². The largest absolute Gasteiger partial charge is 0.310 e. The lowest BCUT2D eigenvalue weighted by Crippen LogP contribution is -2.20. The molecule has 0 bridgehead atoms. The standard InChI is InChI=1S/C17H20BrN3O3S2/c1-11-7-13(18)3-4-15(11)25-9-17(22)19-16-8-12(2)20-21(16)14-5-6-26(23,24)10-14/h3-4,7-8,14H,5-6,9-10H2,1-2H3,(H,19,22)/t14-/m0/s1. The van der Waals surface area contributed by atoms with Crippen LogP contribution in [0.3, 0.4) is 0 Å². The maximum Gasteiger partial charge on any atom is 0.235 e. The molecule has 1 aromatic carbocycles. The van der Waals surface area contributed by atoms with Gasteiger partial charge < -0.3 is 5.32 Å². The highest BCUT2D eigenvalue weighted by Gasteiger charge is 2.31. The first-order valence-corrected chi connectivity index (χ1v) is 11.8. The Morgan fingerprint density at radius 3 is 2.81 bits per heavy atom. The molecule has 1 aliphatic rings. The summed E-state index contributed by atoms with van der Waals surface area (Å²) >= 11 is 4.90. The van der Waals surface area contributed by atoms with E-state index >= 15 is 0 Å². The summed E-state index contributed by atoms with van der Waals surface area (Å²) in [5.74, 6) is 0.935. The number of carbonyl (C=O) groups excluding carboxylic acids is 1. The average molecular weight is 458 g/mol. The molecule has 1 fully saturated rings. The highest BCUT2D eigenvalue weighted by atomic mass is 79.9. The fourth-order valence-electron chi connectivity index (χ4n) is 2.95. The molecule has 1 aliphatic heterocycles. The zero-order valence-corrected chi connectivity index (χ0v) is 17.7. The summed E-state index contributed by atoms with van der Waals surface area (Å²) in [6, 6.07) is 7.50. The zero-order chi connectivity index (χ0) is 18.9. The molecular weight excluding hydrogens is 438 g/mol. The maximum absolute atomic E-state index is 12.4. The number of sulfone groups is 1. The summed E-state index contributed by atoms with van der Waals surface area (Å²) in [6.45, 7) is 3.83. The molecule has 140 valence electrons. The summed E-state index contributed by atoms with van der Waals surface area (Å²) in [5.41, 5.74) is 1.86. The van der Waals surface area contributed by atoms with Crippen LogP contribution in [0.5, 0.6) is 0 Å². The number of hydrogen-bond donors (Lipinski definition) is 1. The monoisotopic (exact) mass is 457 g/mol. The molecule has 1 saturated heterocycles. The third-order valence-corrected chi connectivity index (χ3v) is 7.59. The second-order valence-corrected chi connectivity index (χ2v) is 10.6. The molecule has 0 spiro atoms. The van der Waals surface area contributed by atoms with Gasteiger partial charge in [-0.3, -0.25) is 4.79 Å². The molecule has 1 aromatic heterocycles. The number of aryl methyl sites for hydroxylation is 2. The molecule has 0 radical (unpaired) electrons. The molecule has 9 heteroatoms. The van der Waals surface area contributed by atoms with Crippen molar-refractivity contribution in [3.05, 3.63) is 40.0 Å². The Bertz CT molecular complexity index is 941. The number of thioether (sulfide) groups is 1. The van der Waals surface area contributed by atoms with Crippen LogP contribution < -0.4 is 5.32 Å². The highest BCUT2D eigenvalue weighted by Crippen LogP contribution is 2.28. The van der Waals surface area contributed by atoms with Crippen LogP contribution in [0.15, 0.2) is 33.6 Å². The first kappa shape index (κ1) is 19.4. The molecule has 0 aliphatic carbocycles. The number of rotatable bonds is 5. The number of nitrogens with zero attached hydrogens (tertiary/aromatic N) is 2. The molecule has 6 nitrogen and oxygen atoms in total. The van der Waals surface area contributed by atoms with Crippen molar-refractivity contribution in [3.63, 3.8) is 0 Å². The maximum atomic E-state index is 12.4. The van der Waals surface area contributed by atoms with Crippen molar-refractivity contribution in [2.24, 2.45) is 0 Å². The van der Waals surface area contributed by atoms with Gasteiger partial charge in [-0.05, 0) is 44.0 Å². The fourth-order valence-corrected chi connectivity index (χ4v) is 5.93. The SMILES string of the molecule is Cc1cc(NC(=O)CSc2ccc(Br)cc2C)n([C@H]2CCS(=O)(=O)C2)n1. The van der Waals surface area contributed by atoms with E-state index in [1.165, 1.54) is 11.8 Å². The molecule has 1 N–H and O–H groups in total. The predicted octanol–water partition coefficient (Wildman–Crippen LogP) is 3.35. The minimum absolute atomic E-state index is 0.0732. The molecule has 0 saturated carbocycles. The van der Waals surface area contributed by atoms with Crippen LogP contribution in [-0.2, 0) is 14.6 Å².